The molecule has 0 atom stereocenters. The van der Waals surface area contributed by atoms with Gasteiger partial charge < -0.3 is 10.1 Å². The Bertz CT molecular complexity index is 1180. The fourth-order valence-electron chi connectivity index (χ4n) is 3.27. The second-order valence-electron chi connectivity index (χ2n) is 6.86. The summed E-state index contributed by atoms with van der Waals surface area (Å²) in [6.07, 6.45) is 2.19. The van der Waals surface area contributed by atoms with Crippen LogP contribution in [0.15, 0.2) is 73.1 Å². The van der Waals surface area contributed by atoms with Crippen LogP contribution in [0.2, 0.25) is 5.02 Å². The number of hydrogen-bond acceptors (Lipinski definition) is 5. The standard InChI is InChI=1S/C23H20ClN5O2/c1-31-22-5-3-2-4-21(22)17-12-18(14-20(13-17)29-15-26-27-28-29)23(30)25-11-10-16-6-8-19(24)9-7-16/h2-9,12-15H,10-11H2,1H3,(H,25,30). The number of aromatic nitrogens is 4. The predicted octanol–water partition coefficient (Wildman–Crippen LogP) is 3.96. The average molecular weight is 434 g/mol. The Morgan fingerprint density at radius 1 is 1.10 bits per heavy atom. The minimum absolute atomic E-state index is 0.181. The minimum Gasteiger partial charge on any atom is -0.496 e. The Hall–Kier alpha value is -3.71. The van der Waals surface area contributed by atoms with E-state index in [1.165, 1.54) is 11.0 Å². The maximum atomic E-state index is 12.9. The Kier molecular flexibility index (Phi) is 6.24. The van der Waals surface area contributed by atoms with Crippen LogP contribution >= 0.6 is 11.6 Å². The highest BCUT2D eigenvalue weighted by atomic mass is 35.5. The van der Waals surface area contributed by atoms with Crippen molar-refractivity contribution in [2.24, 2.45) is 0 Å². The van der Waals surface area contributed by atoms with Crippen LogP contribution in [-0.2, 0) is 6.42 Å². The lowest BCUT2D eigenvalue weighted by molar-refractivity contribution is 0.0954. The van der Waals surface area contributed by atoms with Gasteiger partial charge in [0.25, 0.3) is 5.91 Å². The van der Waals surface area contributed by atoms with E-state index < -0.39 is 0 Å². The fourth-order valence-corrected chi connectivity index (χ4v) is 3.39. The van der Waals surface area contributed by atoms with E-state index in [0.717, 1.165) is 16.7 Å². The van der Waals surface area contributed by atoms with E-state index in [1.54, 1.807) is 13.2 Å². The van der Waals surface area contributed by atoms with Gasteiger partial charge in [-0.15, -0.1) is 5.10 Å². The van der Waals surface area contributed by atoms with Crippen molar-refractivity contribution in [3.8, 4) is 22.6 Å². The zero-order valence-corrected chi connectivity index (χ0v) is 17.6. The van der Waals surface area contributed by atoms with Gasteiger partial charge in [0.05, 0.1) is 12.8 Å². The number of hydrogen-bond donors (Lipinski definition) is 1. The molecule has 4 aromatic rings. The maximum Gasteiger partial charge on any atom is 0.251 e. The molecule has 7 nitrogen and oxygen atoms in total. The molecule has 0 saturated carbocycles. The molecular formula is C23H20ClN5O2. The van der Waals surface area contributed by atoms with Gasteiger partial charge in [-0.1, -0.05) is 41.9 Å². The summed E-state index contributed by atoms with van der Waals surface area (Å²) in [6.45, 7) is 0.500. The van der Waals surface area contributed by atoms with E-state index >= 15 is 0 Å². The van der Waals surface area contributed by atoms with Gasteiger partial charge in [-0.25, -0.2) is 4.68 Å². The normalized spacial score (nSPS) is 10.6. The van der Waals surface area contributed by atoms with E-state index in [-0.39, 0.29) is 5.91 Å². The van der Waals surface area contributed by atoms with Crippen LogP contribution in [0.3, 0.4) is 0 Å². The summed E-state index contributed by atoms with van der Waals surface area (Å²) in [6, 6.07) is 20.7. The van der Waals surface area contributed by atoms with Crippen molar-refractivity contribution in [1.29, 1.82) is 0 Å². The van der Waals surface area contributed by atoms with Gasteiger partial charge in [-0.2, -0.15) is 0 Å². The van der Waals surface area contributed by atoms with E-state index in [2.05, 4.69) is 20.8 Å². The molecule has 1 amide bonds. The lowest BCUT2D eigenvalue weighted by Gasteiger charge is -2.13. The van der Waals surface area contributed by atoms with Gasteiger partial charge >= 0.3 is 0 Å². The van der Waals surface area contributed by atoms with Crippen molar-refractivity contribution < 1.29 is 9.53 Å². The van der Waals surface area contributed by atoms with Crippen LogP contribution in [0, 0.1) is 0 Å². The molecule has 1 N–H and O–H groups in total. The Labute approximate surface area is 184 Å². The summed E-state index contributed by atoms with van der Waals surface area (Å²) < 4.78 is 7.01. The molecule has 3 aromatic carbocycles. The molecule has 8 heteroatoms. The molecule has 4 rings (SSSR count). The number of carbonyl (C=O) groups excluding carboxylic acids is 1. The number of para-hydroxylation sites is 1. The molecule has 0 aliphatic carbocycles. The SMILES string of the molecule is COc1ccccc1-c1cc(C(=O)NCCc2ccc(Cl)cc2)cc(-n2cnnn2)c1. The lowest BCUT2D eigenvalue weighted by Crippen LogP contribution is -2.26. The van der Waals surface area contributed by atoms with Crippen molar-refractivity contribution in [3.63, 3.8) is 0 Å². The van der Waals surface area contributed by atoms with Crippen molar-refractivity contribution in [3.05, 3.63) is 89.2 Å². The number of rotatable bonds is 7. The van der Waals surface area contributed by atoms with E-state index in [1.807, 2.05) is 60.7 Å². The van der Waals surface area contributed by atoms with Crippen LogP contribution in [0.5, 0.6) is 5.75 Å². The third-order valence-corrected chi connectivity index (χ3v) is 5.08. The highest BCUT2D eigenvalue weighted by Crippen LogP contribution is 2.31. The van der Waals surface area contributed by atoms with Crippen molar-refractivity contribution in [2.45, 2.75) is 6.42 Å². The van der Waals surface area contributed by atoms with Crippen molar-refractivity contribution in [1.82, 2.24) is 25.5 Å². The molecule has 0 aliphatic rings. The van der Waals surface area contributed by atoms with Gasteiger partial charge in [-0.05, 0) is 64.4 Å². The molecule has 0 fully saturated rings. The quantitative estimate of drug-likeness (QED) is 0.477. The molecule has 0 saturated heterocycles. The number of carbonyl (C=O) groups is 1. The first-order valence-corrected chi connectivity index (χ1v) is 10.1. The number of ether oxygens (including phenoxy) is 1. The van der Waals surface area contributed by atoms with Crippen molar-refractivity contribution >= 4 is 17.5 Å². The molecular weight excluding hydrogens is 414 g/mol. The summed E-state index contributed by atoms with van der Waals surface area (Å²) in [4.78, 5) is 12.9. The number of nitrogens with one attached hydrogen (secondary N) is 1. The third-order valence-electron chi connectivity index (χ3n) is 4.82. The Morgan fingerprint density at radius 2 is 1.90 bits per heavy atom. The number of amides is 1. The summed E-state index contributed by atoms with van der Waals surface area (Å²) in [5, 5.41) is 15.0. The van der Waals surface area contributed by atoms with E-state index in [4.69, 9.17) is 16.3 Å². The monoisotopic (exact) mass is 433 g/mol. The van der Waals surface area contributed by atoms with Gasteiger partial charge in [-0.3, -0.25) is 4.79 Å². The third kappa shape index (κ3) is 4.90. The smallest absolute Gasteiger partial charge is 0.251 e. The van der Waals surface area contributed by atoms with Crippen molar-refractivity contribution in [2.75, 3.05) is 13.7 Å². The summed E-state index contributed by atoms with van der Waals surface area (Å²) in [7, 11) is 1.62. The molecule has 31 heavy (non-hydrogen) atoms. The Balaban J connectivity index is 1.60. The molecule has 0 spiro atoms. The largest absolute Gasteiger partial charge is 0.496 e. The van der Waals surface area contributed by atoms with E-state index in [9.17, 15) is 4.79 Å². The highest BCUT2D eigenvalue weighted by molar-refractivity contribution is 6.30. The molecule has 156 valence electrons. The molecule has 1 heterocycles. The zero-order chi connectivity index (χ0) is 21.6. The fraction of sp³-hybridized carbons (Fsp3) is 0.130. The number of nitrogens with zero attached hydrogens (tertiary/aromatic N) is 4. The van der Waals surface area contributed by atoms with Crippen LogP contribution in [-0.4, -0.2) is 39.8 Å². The Morgan fingerprint density at radius 3 is 2.65 bits per heavy atom. The van der Waals surface area contributed by atoms with Gasteiger partial charge in [0.2, 0.25) is 0 Å². The number of benzene rings is 3. The lowest BCUT2D eigenvalue weighted by atomic mass is 10.0. The van der Waals surface area contributed by atoms with E-state index in [0.29, 0.717) is 35.0 Å². The minimum atomic E-state index is -0.181. The summed E-state index contributed by atoms with van der Waals surface area (Å²) >= 11 is 5.93. The molecule has 0 unspecified atom stereocenters. The zero-order valence-electron chi connectivity index (χ0n) is 16.8. The predicted molar refractivity (Wildman–Crippen MR) is 119 cm³/mol. The second kappa shape index (κ2) is 9.40. The first kappa shape index (κ1) is 20.6. The second-order valence-corrected chi connectivity index (χ2v) is 7.29. The average Bonchev–Trinajstić information content (AvgIpc) is 3.35. The number of tetrazole rings is 1. The first-order valence-electron chi connectivity index (χ1n) is 9.68. The topological polar surface area (TPSA) is 81.9 Å². The van der Waals surface area contributed by atoms with Crippen LogP contribution in [0.4, 0.5) is 0 Å². The first-order chi connectivity index (χ1) is 15.1. The molecule has 1 aromatic heterocycles. The summed E-state index contributed by atoms with van der Waals surface area (Å²) in [5.41, 5.74) is 3.98. The van der Waals surface area contributed by atoms with Crippen LogP contribution in [0.25, 0.3) is 16.8 Å². The summed E-state index contributed by atoms with van der Waals surface area (Å²) in [5.74, 6) is 0.533. The van der Waals surface area contributed by atoms with Gasteiger partial charge in [0.15, 0.2) is 0 Å². The van der Waals surface area contributed by atoms with Gasteiger partial charge in [0.1, 0.15) is 12.1 Å². The van der Waals surface area contributed by atoms with Crippen LogP contribution < -0.4 is 10.1 Å². The number of methoxy groups -OCH3 is 1. The van der Waals surface area contributed by atoms with Crippen LogP contribution in [0.1, 0.15) is 15.9 Å². The number of halogens is 1. The molecule has 0 radical (unpaired) electrons. The molecule has 0 aliphatic heterocycles. The maximum absolute atomic E-state index is 12.9. The highest BCUT2D eigenvalue weighted by Gasteiger charge is 2.14. The van der Waals surface area contributed by atoms with Gasteiger partial charge in [0, 0.05) is 22.7 Å². The molecule has 0 bridgehead atoms.